The van der Waals surface area contributed by atoms with Gasteiger partial charge in [0.25, 0.3) is 17.7 Å². The van der Waals surface area contributed by atoms with E-state index in [0.29, 0.717) is 23.5 Å². The standard InChI is InChI=1S/C29H34N4O8/c1-17(34)40-23(25(35)31-20-9-6-18(7-10-20)15-30-28(38)41-29(2,3)4)24-27(37)33(12-13-39-24)21-11-8-19-16-32(5)26(36)22(19)14-21/h6-11,14,23-24H,12-13,15-16H2,1-5H3,(H,30,38)(H,31,35)/t23-,24-/m1/s1. The van der Waals surface area contributed by atoms with E-state index in [1.807, 2.05) is 0 Å². The summed E-state index contributed by atoms with van der Waals surface area (Å²) >= 11 is 0. The molecule has 2 aliphatic heterocycles. The van der Waals surface area contributed by atoms with Crippen molar-refractivity contribution in [1.82, 2.24) is 10.2 Å². The van der Waals surface area contributed by atoms with E-state index in [1.165, 1.54) is 4.90 Å². The molecular formula is C29H34N4O8. The van der Waals surface area contributed by atoms with Crippen molar-refractivity contribution >= 4 is 41.2 Å². The van der Waals surface area contributed by atoms with Gasteiger partial charge in [0.2, 0.25) is 6.10 Å². The highest BCUT2D eigenvalue weighted by atomic mass is 16.6. The monoisotopic (exact) mass is 566 g/mol. The second-order valence-electron chi connectivity index (χ2n) is 10.9. The minimum atomic E-state index is -1.56. The van der Waals surface area contributed by atoms with Crippen LogP contribution < -0.4 is 15.5 Å². The molecule has 41 heavy (non-hydrogen) atoms. The fraction of sp³-hybridized carbons (Fsp3) is 0.414. The van der Waals surface area contributed by atoms with Gasteiger partial charge < -0.3 is 34.6 Å². The van der Waals surface area contributed by atoms with E-state index >= 15 is 0 Å². The largest absolute Gasteiger partial charge is 0.449 e. The third kappa shape index (κ3) is 7.20. The van der Waals surface area contributed by atoms with Crippen molar-refractivity contribution in [3.63, 3.8) is 0 Å². The van der Waals surface area contributed by atoms with Crippen molar-refractivity contribution in [2.24, 2.45) is 0 Å². The number of nitrogens with one attached hydrogen (secondary N) is 2. The molecule has 218 valence electrons. The number of rotatable bonds is 7. The number of alkyl carbamates (subject to hydrolysis) is 1. The maximum absolute atomic E-state index is 13.5. The van der Waals surface area contributed by atoms with E-state index in [-0.39, 0.29) is 25.6 Å². The third-order valence-corrected chi connectivity index (χ3v) is 6.39. The third-order valence-electron chi connectivity index (χ3n) is 6.39. The molecule has 0 saturated carbocycles. The molecule has 0 aliphatic carbocycles. The van der Waals surface area contributed by atoms with Crippen molar-refractivity contribution in [3.8, 4) is 0 Å². The van der Waals surface area contributed by atoms with Crippen molar-refractivity contribution in [2.75, 3.05) is 30.4 Å². The summed E-state index contributed by atoms with van der Waals surface area (Å²) in [7, 11) is 1.70. The maximum Gasteiger partial charge on any atom is 0.407 e. The molecule has 1 saturated heterocycles. The molecule has 0 aromatic heterocycles. The zero-order chi connectivity index (χ0) is 29.9. The second-order valence-corrected chi connectivity index (χ2v) is 10.9. The molecule has 0 radical (unpaired) electrons. The van der Waals surface area contributed by atoms with Gasteiger partial charge in [-0.3, -0.25) is 19.2 Å². The topological polar surface area (TPSA) is 144 Å². The van der Waals surface area contributed by atoms with Crippen molar-refractivity contribution in [1.29, 1.82) is 0 Å². The Balaban J connectivity index is 1.44. The summed E-state index contributed by atoms with van der Waals surface area (Å²) in [5, 5.41) is 5.31. The van der Waals surface area contributed by atoms with E-state index < -0.39 is 41.7 Å². The number of anilines is 2. The zero-order valence-electron chi connectivity index (χ0n) is 23.7. The lowest BCUT2D eigenvalue weighted by atomic mass is 10.1. The highest BCUT2D eigenvalue weighted by molar-refractivity contribution is 6.05. The van der Waals surface area contributed by atoms with Gasteiger partial charge in [-0.1, -0.05) is 18.2 Å². The van der Waals surface area contributed by atoms with E-state index in [2.05, 4.69) is 10.6 Å². The average molecular weight is 567 g/mol. The molecule has 0 bridgehead atoms. The molecule has 1 fully saturated rings. The Labute approximate surface area is 237 Å². The first-order valence-corrected chi connectivity index (χ1v) is 13.2. The number of esters is 1. The lowest BCUT2D eigenvalue weighted by Crippen LogP contribution is -2.56. The molecular weight excluding hydrogens is 532 g/mol. The molecule has 2 aromatic rings. The number of carbonyl (C=O) groups excluding carboxylic acids is 5. The fourth-order valence-corrected chi connectivity index (χ4v) is 4.52. The first kappa shape index (κ1) is 29.5. The number of carbonyl (C=O) groups is 5. The maximum atomic E-state index is 13.5. The summed E-state index contributed by atoms with van der Waals surface area (Å²) in [6, 6.07) is 11.8. The fourth-order valence-electron chi connectivity index (χ4n) is 4.52. The van der Waals surface area contributed by atoms with Gasteiger partial charge in [-0.05, 0) is 56.2 Å². The van der Waals surface area contributed by atoms with Crippen LogP contribution in [0.15, 0.2) is 42.5 Å². The van der Waals surface area contributed by atoms with E-state index in [0.717, 1.165) is 18.1 Å². The molecule has 0 unspecified atom stereocenters. The van der Waals surface area contributed by atoms with Gasteiger partial charge in [-0.15, -0.1) is 0 Å². The van der Waals surface area contributed by atoms with Gasteiger partial charge in [0, 0.05) is 50.5 Å². The first-order chi connectivity index (χ1) is 19.3. The predicted molar refractivity (Wildman–Crippen MR) is 148 cm³/mol. The smallest absolute Gasteiger partial charge is 0.407 e. The van der Waals surface area contributed by atoms with Gasteiger partial charge in [0.15, 0.2) is 6.10 Å². The van der Waals surface area contributed by atoms with Gasteiger partial charge in [-0.2, -0.15) is 0 Å². The van der Waals surface area contributed by atoms with E-state index in [4.69, 9.17) is 14.2 Å². The Bertz CT molecular complexity index is 1350. The summed E-state index contributed by atoms with van der Waals surface area (Å²) < 4.78 is 16.1. The van der Waals surface area contributed by atoms with Gasteiger partial charge in [0.1, 0.15) is 5.60 Å². The summed E-state index contributed by atoms with van der Waals surface area (Å²) in [5.74, 6) is -2.21. The number of ether oxygens (including phenoxy) is 3. The molecule has 2 atom stereocenters. The predicted octanol–water partition coefficient (Wildman–Crippen LogP) is 2.60. The SMILES string of the molecule is CC(=O)O[C@@H](C(=O)Nc1ccc(CNC(=O)OC(C)(C)C)cc1)[C@H]1OCCN(c2ccc3c(c2)C(=O)N(C)C3)C1=O. The van der Waals surface area contributed by atoms with Crippen LogP contribution in [0.4, 0.5) is 16.2 Å². The van der Waals surface area contributed by atoms with Crippen molar-refractivity contribution in [2.45, 2.75) is 58.6 Å². The van der Waals surface area contributed by atoms with Crippen molar-refractivity contribution in [3.05, 3.63) is 59.2 Å². The highest BCUT2D eigenvalue weighted by Gasteiger charge is 2.43. The number of fused-ring (bicyclic) bond motifs is 1. The number of nitrogens with zero attached hydrogens (tertiary/aromatic N) is 2. The van der Waals surface area contributed by atoms with Crippen LogP contribution in [0, 0.1) is 0 Å². The second kappa shape index (κ2) is 12.0. The Kier molecular flexibility index (Phi) is 8.62. The molecule has 2 heterocycles. The number of hydrogen-bond acceptors (Lipinski definition) is 8. The van der Waals surface area contributed by atoms with E-state index in [9.17, 15) is 24.0 Å². The minimum Gasteiger partial charge on any atom is -0.449 e. The Morgan fingerprint density at radius 3 is 2.46 bits per heavy atom. The molecule has 2 N–H and O–H groups in total. The molecule has 12 nitrogen and oxygen atoms in total. The summed E-state index contributed by atoms with van der Waals surface area (Å²) in [5.41, 5.74) is 2.39. The molecule has 4 rings (SSSR count). The van der Waals surface area contributed by atoms with E-state index in [1.54, 1.807) is 75.2 Å². The van der Waals surface area contributed by atoms with Crippen LogP contribution in [-0.4, -0.2) is 72.7 Å². The van der Waals surface area contributed by atoms with Gasteiger partial charge >= 0.3 is 12.1 Å². The molecule has 4 amide bonds. The average Bonchev–Trinajstić information content (AvgIpc) is 3.18. The van der Waals surface area contributed by atoms with Crippen LogP contribution in [0.25, 0.3) is 0 Å². The van der Waals surface area contributed by atoms with Crippen LogP contribution in [-0.2, 0) is 41.7 Å². The quantitative estimate of drug-likeness (QED) is 0.487. The van der Waals surface area contributed by atoms with Crippen LogP contribution in [0.1, 0.15) is 49.2 Å². The summed E-state index contributed by atoms with van der Waals surface area (Å²) in [6.07, 6.45) is -3.50. The summed E-state index contributed by atoms with van der Waals surface area (Å²) in [6.45, 7) is 7.44. The Hall–Kier alpha value is -4.45. The number of morpholine rings is 1. The van der Waals surface area contributed by atoms with Crippen LogP contribution in [0.2, 0.25) is 0 Å². The van der Waals surface area contributed by atoms with Gasteiger partial charge in [-0.25, -0.2) is 4.79 Å². The molecule has 2 aliphatic rings. The Morgan fingerprint density at radius 1 is 1.10 bits per heavy atom. The zero-order valence-corrected chi connectivity index (χ0v) is 23.7. The number of hydrogen-bond donors (Lipinski definition) is 2. The first-order valence-electron chi connectivity index (χ1n) is 13.2. The highest BCUT2D eigenvalue weighted by Crippen LogP contribution is 2.29. The van der Waals surface area contributed by atoms with Crippen LogP contribution in [0.3, 0.4) is 0 Å². The van der Waals surface area contributed by atoms with Crippen molar-refractivity contribution < 1.29 is 38.2 Å². The number of amides is 4. The van der Waals surface area contributed by atoms with Crippen LogP contribution in [0.5, 0.6) is 0 Å². The number of benzene rings is 2. The lowest BCUT2D eigenvalue weighted by Gasteiger charge is -2.35. The molecule has 0 spiro atoms. The molecule has 2 aromatic carbocycles. The van der Waals surface area contributed by atoms with Crippen LogP contribution >= 0.6 is 0 Å². The molecule has 12 heteroatoms. The lowest BCUT2D eigenvalue weighted by molar-refractivity contribution is -0.167. The van der Waals surface area contributed by atoms with Gasteiger partial charge in [0.05, 0.1) is 6.61 Å². The summed E-state index contributed by atoms with van der Waals surface area (Å²) in [4.78, 5) is 66.0. The normalized spacial score (nSPS) is 17.5. The minimum absolute atomic E-state index is 0.0890. The Morgan fingerprint density at radius 2 is 1.80 bits per heavy atom.